The van der Waals surface area contributed by atoms with Crippen molar-refractivity contribution in [3.8, 4) is 0 Å². The lowest BCUT2D eigenvalue weighted by atomic mass is 10.1. The van der Waals surface area contributed by atoms with Gasteiger partial charge in [0, 0.05) is 17.6 Å². The number of carbonyl (C=O) groups excluding carboxylic acids is 2. The highest BCUT2D eigenvalue weighted by molar-refractivity contribution is 7.92. The number of anilines is 1. The van der Waals surface area contributed by atoms with Gasteiger partial charge in [-0.3, -0.25) is 13.9 Å². The Morgan fingerprint density at radius 3 is 2.23 bits per heavy atom. The molecule has 0 aromatic heterocycles. The maximum absolute atomic E-state index is 14.0. The fourth-order valence-corrected chi connectivity index (χ4v) is 6.44. The first kappa shape index (κ1) is 29.6. The van der Waals surface area contributed by atoms with Gasteiger partial charge in [-0.25, -0.2) is 8.42 Å². The average molecular weight is 582 g/mol. The number of halogens is 1. The first-order chi connectivity index (χ1) is 19.1. The summed E-state index contributed by atoms with van der Waals surface area (Å²) in [5.74, 6) is -0.736. The van der Waals surface area contributed by atoms with Crippen molar-refractivity contribution in [1.29, 1.82) is 0 Å². The molecule has 0 spiro atoms. The predicted octanol–water partition coefficient (Wildman–Crippen LogP) is 5.63. The zero-order valence-electron chi connectivity index (χ0n) is 23.1. The normalized spacial score (nSPS) is 14.5. The summed E-state index contributed by atoms with van der Waals surface area (Å²) in [6.07, 6.45) is 3.96. The van der Waals surface area contributed by atoms with Crippen molar-refractivity contribution in [1.82, 2.24) is 10.2 Å². The lowest BCUT2D eigenvalue weighted by molar-refractivity contribution is -0.139. The largest absolute Gasteiger partial charge is 0.352 e. The number of nitrogens with zero attached hydrogens (tertiary/aromatic N) is 2. The molecule has 3 aromatic rings. The molecule has 0 heterocycles. The minimum atomic E-state index is -4.09. The Kier molecular flexibility index (Phi) is 9.53. The molecule has 9 heteroatoms. The first-order valence-electron chi connectivity index (χ1n) is 13.6. The van der Waals surface area contributed by atoms with Crippen molar-refractivity contribution < 1.29 is 18.0 Å². The van der Waals surface area contributed by atoms with E-state index in [1.807, 2.05) is 19.9 Å². The van der Waals surface area contributed by atoms with Crippen LogP contribution in [-0.4, -0.2) is 43.8 Å². The van der Waals surface area contributed by atoms with Crippen molar-refractivity contribution in [2.75, 3.05) is 10.8 Å². The van der Waals surface area contributed by atoms with E-state index in [2.05, 4.69) is 5.32 Å². The number of hydrogen-bond acceptors (Lipinski definition) is 4. The lowest BCUT2D eigenvalue weighted by Crippen LogP contribution is -2.52. The van der Waals surface area contributed by atoms with E-state index in [1.54, 1.807) is 61.5 Å². The van der Waals surface area contributed by atoms with Crippen LogP contribution in [0.15, 0.2) is 77.7 Å². The Morgan fingerprint density at radius 2 is 1.60 bits per heavy atom. The topological polar surface area (TPSA) is 86.8 Å². The summed E-state index contributed by atoms with van der Waals surface area (Å²) < 4.78 is 28.9. The molecule has 0 bridgehead atoms. The molecule has 0 saturated heterocycles. The number of carbonyl (C=O) groups is 2. The Bertz CT molecular complexity index is 1440. The zero-order chi connectivity index (χ0) is 28.9. The second kappa shape index (κ2) is 12.9. The van der Waals surface area contributed by atoms with Gasteiger partial charge < -0.3 is 10.2 Å². The van der Waals surface area contributed by atoms with Gasteiger partial charge in [-0.15, -0.1) is 0 Å². The fourth-order valence-electron chi connectivity index (χ4n) is 4.89. The molecule has 4 rings (SSSR count). The van der Waals surface area contributed by atoms with Gasteiger partial charge in [0.05, 0.1) is 10.6 Å². The third-order valence-electron chi connectivity index (χ3n) is 7.52. The van der Waals surface area contributed by atoms with E-state index in [1.165, 1.54) is 17.0 Å². The van der Waals surface area contributed by atoms with Crippen LogP contribution in [0.1, 0.15) is 49.3 Å². The second-order valence-corrected chi connectivity index (χ2v) is 12.7. The fraction of sp³-hybridized carbons (Fsp3) is 0.355. The van der Waals surface area contributed by atoms with Gasteiger partial charge in [0.1, 0.15) is 12.6 Å². The quantitative estimate of drug-likeness (QED) is 0.336. The van der Waals surface area contributed by atoms with Gasteiger partial charge in [-0.2, -0.15) is 0 Å². The van der Waals surface area contributed by atoms with E-state index < -0.39 is 28.5 Å². The summed E-state index contributed by atoms with van der Waals surface area (Å²) in [5.41, 5.74) is 3.07. The van der Waals surface area contributed by atoms with Crippen LogP contribution in [0.25, 0.3) is 0 Å². The van der Waals surface area contributed by atoms with Crippen LogP contribution >= 0.6 is 11.6 Å². The third kappa shape index (κ3) is 7.04. The van der Waals surface area contributed by atoms with Gasteiger partial charge >= 0.3 is 0 Å². The smallest absolute Gasteiger partial charge is 0.264 e. The van der Waals surface area contributed by atoms with Gasteiger partial charge in [-0.1, -0.05) is 60.8 Å². The molecule has 0 unspecified atom stereocenters. The van der Waals surface area contributed by atoms with E-state index in [4.69, 9.17) is 11.6 Å². The SMILES string of the molecule is Cc1ccc(N(CC(=O)N(Cc2ccc(Cl)cc2)[C@H](C)C(=O)NC2CCCC2)S(=O)(=O)c2ccccc2)cc1C. The molecule has 2 amide bonds. The number of rotatable bonds is 10. The van der Waals surface area contributed by atoms with E-state index >= 15 is 0 Å². The first-order valence-corrected chi connectivity index (χ1v) is 15.4. The predicted molar refractivity (Wildman–Crippen MR) is 159 cm³/mol. The van der Waals surface area contributed by atoms with Crippen LogP contribution in [-0.2, 0) is 26.2 Å². The van der Waals surface area contributed by atoms with Crippen LogP contribution < -0.4 is 9.62 Å². The van der Waals surface area contributed by atoms with E-state index in [9.17, 15) is 18.0 Å². The highest BCUT2D eigenvalue weighted by atomic mass is 35.5. The summed E-state index contributed by atoms with van der Waals surface area (Å²) in [5, 5.41) is 3.64. The summed E-state index contributed by atoms with van der Waals surface area (Å²) in [6, 6.07) is 19.7. The number of aryl methyl sites for hydroxylation is 2. The number of benzene rings is 3. The second-order valence-electron chi connectivity index (χ2n) is 10.4. The van der Waals surface area contributed by atoms with Gasteiger partial charge in [-0.05, 0) is 86.7 Å². The Morgan fingerprint density at radius 1 is 0.950 bits per heavy atom. The monoisotopic (exact) mass is 581 g/mol. The molecule has 1 atom stereocenters. The van der Waals surface area contributed by atoms with Gasteiger partial charge in [0.15, 0.2) is 0 Å². The molecule has 1 aliphatic rings. The molecule has 1 N–H and O–H groups in total. The number of sulfonamides is 1. The molecule has 1 saturated carbocycles. The molecular weight excluding hydrogens is 546 g/mol. The molecular formula is C31H36ClN3O4S. The van der Waals surface area contributed by atoms with E-state index in [0.717, 1.165) is 46.7 Å². The van der Waals surface area contributed by atoms with Gasteiger partial charge in [0.2, 0.25) is 11.8 Å². The summed E-state index contributed by atoms with van der Waals surface area (Å²) >= 11 is 6.07. The molecule has 212 valence electrons. The van der Waals surface area contributed by atoms with Crippen LogP contribution in [0.5, 0.6) is 0 Å². The minimum absolute atomic E-state index is 0.0808. The Labute approximate surface area is 242 Å². The highest BCUT2D eigenvalue weighted by Gasteiger charge is 2.33. The molecule has 7 nitrogen and oxygen atoms in total. The third-order valence-corrected chi connectivity index (χ3v) is 9.56. The minimum Gasteiger partial charge on any atom is -0.352 e. The summed E-state index contributed by atoms with van der Waals surface area (Å²) in [7, 11) is -4.09. The standard InChI is InChI=1S/C31H36ClN3O4S/c1-22-13-18-28(19-23(22)2)35(40(38,39)29-11-5-4-6-12-29)21-30(36)34(20-25-14-16-26(32)17-15-25)24(3)31(37)33-27-9-7-8-10-27/h4-6,11-19,24,27H,7-10,20-21H2,1-3H3,(H,33,37)/t24-/m1/s1. The number of amides is 2. The van der Waals surface area contributed by atoms with E-state index in [0.29, 0.717) is 10.7 Å². The molecule has 0 radical (unpaired) electrons. The number of hydrogen-bond donors (Lipinski definition) is 1. The zero-order valence-corrected chi connectivity index (χ0v) is 24.7. The van der Waals surface area contributed by atoms with Crippen molar-refractivity contribution >= 4 is 39.1 Å². The van der Waals surface area contributed by atoms with Crippen LogP contribution in [0, 0.1) is 13.8 Å². The highest BCUT2D eigenvalue weighted by Crippen LogP contribution is 2.27. The summed E-state index contributed by atoms with van der Waals surface area (Å²) in [4.78, 5) is 28.8. The van der Waals surface area contributed by atoms with Crippen LogP contribution in [0.2, 0.25) is 5.02 Å². The molecule has 1 aliphatic carbocycles. The van der Waals surface area contributed by atoms with Crippen molar-refractivity contribution in [2.45, 2.75) is 70.0 Å². The van der Waals surface area contributed by atoms with Gasteiger partial charge in [0.25, 0.3) is 10.0 Å². The maximum Gasteiger partial charge on any atom is 0.264 e. The molecule has 40 heavy (non-hydrogen) atoms. The summed E-state index contributed by atoms with van der Waals surface area (Å²) in [6.45, 7) is 5.19. The molecule has 0 aliphatic heterocycles. The van der Waals surface area contributed by atoms with Crippen LogP contribution in [0.4, 0.5) is 5.69 Å². The maximum atomic E-state index is 14.0. The average Bonchev–Trinajstić information content (AvgIpc) is 3.46. The lowest BCUT2D eigenvalue weighted by Gasteiger charge is -2.32. The molecule has 1 fully saturated rings. The van der Waals surface area contributed by atoms with Crippen molar-refractivity contribution in [3.63, 3.8) is 0 Å². The Hall–Kier alpha value is -3.36. The Balaban J connectivity index is 1.69. The van der Waals surface area contributed by atoms with Crippen LogP contribution in [0.3, 0.4) is 0 Å². The van der Waals surface area contributed by atoms with Crippen molar-refractivity contribution in [3.05, 3.63) is 94.5 Å². The number of nitrogens with one attached hydrogen (secondary N) is 1. The van der Waals surface area contributed by atoms with Crippen molar-refractivity contribution in [2.24, 2.45) is 0 Å². The van der Waals surface area contributed by atoms with E-state index in [-0.39, 0.29) is 23.4 Å². The molecule has 3 aromatic carbocycles.